The molecule has 9 nitrogen and oxygen atoms in total. The van der Waals surface area contributed by atoms with E-state index in [2.05, 4.69) is 0 Å². The molecule has 1 saturated carbocycles. The fourth-order valence-electron chi connectivity index (χ4n) is 7.65. The van der Waals surface area contributed by atoms with Gasteiger partial charge in [-0.15, -0.1) is 0 Å². The Kier molecular flexibility index (Phi) is 10.3. The molecule has 0 aromatic heterocycles. The number of hydrogen-bond acceptors (Lipinski definition) is 9. The van der Waals surface area contributed by atoms with Gasteiger partial charge in [-0.25, -0.2) is 0 Å². The predicted octanol–water partition coefficient (Wildman–Crippen LogP) is 6.16. The molecule has 1 aliphatic carbocycles. The predicted molar refractivity (Wildman–Crippen MR) is 180 cm³/mol. The van der Waals surface area contributed by atoms with Crippen molar-refractivity contribution in [2.45, 2.75) is 121 Å². The molecule has 262 valence electrons. The highest BCUT2D eigenvalue weighted by atomic mass is 16.8. The lowest BCUT2D eigenvalue weighted by atomic mass is 9.89. The number of Topliss-reactive ketones (excluding diaryl/α,β-unsaturated/α-hetero) is 1. The van der Waals surface area contributed by atoms with Gasteiger partial charge in [0, 0.05) is 18.8 Å². The summed E-state index contributed by atoms with van der Waals surface area (Å²) in [7, 11) is 0. The van der Waals surface area contributed by atoms with Crippen LogP contribution in [-0.2, 0) is 62.5 Å². The van der Waals surface area contributed by atoms with Crippen LogP contribution in [0.25, 0.3) is 0 Å². The first-order chi connectivity index (χ1) is 23.6. The van der Waals surface area contributed by atoms with Crippen LogP contribution in [-0.4, -0.2) is 72.8 Å². The summed E-state index contributed by atoms with van der Waals surface area (Å²) in [6, 6.07) is 30.1. The number of carbonyl (C=O) groups excluding carboxylic acids is 1. The van der Waals surface area contributed by atoms with Gasteiger partial charge in [0.25, 0.3) is 0 Å². The SMILES string of the molecule is CC1(C)O[C@@H]2[C@H]3OC(C)(C)O[C@H]3C(CC(=O)[C@@H]3C[C@@H](OCc4ccccc4)[C@H](OCc4ccccc4)[C@@H](COCc4ccccc4)O3)[C@@H]2O1. The fraction of sp³-hybridized carbons (Fsp3) is 0.525. The summed E-state index contributed by atoms with van der Waals surface area (Å²) in [4.78, 5) is 14.3. The molecular weight excluding hydrogens is 624 g/mol. The number of benzene rings is 3. The van der Waals surface area contributed by atoms with E-state index in [1.54, 1.807) is 0 Å². The minimum absolute atomic E-state index is 0.0334. The van der Waals surface area contributed by atoms with E-state index in [9.17, 15) is 4.79 Å². The lowest BCUT2D eigenvalue weighted by Gasteiger charge is -2.41. The van der Waals surface area contributed by atoms with Gasteiger partial charge < -0.3 is 37.9 Å². The Labute approximate surface area is 289 Å². The van der Waals surface area contributed by atoms with Crippen molar-refractivity contribution in [2.75, 3.05) is 6.61 Å². The van der Waals surface area contributed by atoms with Crippen LogP contribution in [0.2, 0.25) is 0 Å². The molecule has 0 unspecified atom stereocenters. The molecule has 3 saturated heterocycles. The van der Waals surface area contributed by atoms with Crippen molar-refractivity contribution < 1.29 is 42.7 Å². The zero-order valence-electron chi connectivity index (χ0n) is 28.8. The number of fused-ring (bicyclic) bond motifs is 3. The average molecular weight is 673 g/mol. The Hall–Kier alpha value is -2.99. The Morgan fingerprint density at radius 2 is 1.12 bits per heavy atom. The van der Waals surface area contributed by atoms with Crippen LogP contribution >= 0.6 is 0 Å². The first-order valence-corrected chi connectivity index (χ1v) is 17.5. The smallest absolute Gasteiger partial charge is 0.163 e. The molecule has 8 atom stereocenters. The van der Waals surface area contributed by atoms with Crippen LogP contribution in [0.3, 0.4) is 0 Å². The van der Waals surface area contributed by atoms with Gasteiger partial charge in [0.05, 0.1) is 44.7 Å². The van der Waals surface area contributed by atoms with Gasteiger partial charge in [-0.2, -0.15) is 0 Å². The van der Waals surface area contributed by atoms with E-state index in [4.69, 9.17) is 37.9 Å². The van der Waals surface area contributed by atoms with Crippen LogP contribution < -0.4 is 0 Å². The molecule has 3 aliphatic heterocycles. The van der Waals surface area contributed by atoms with Crippen molar-refractivity contribution in [3.05, 3.63) is 108 Å². The van der Waals surface area contributed by atoms with Gasteiger partial charge in [0.2, 0.25) is 0 Å². The highest BCUT2D eigenvalue weighted by molar-refractivity contribution is 5.83. The standard InChI is InChI=1S/C40H48O9/c1-39(2)46-34-29(35-38(37(34)48-39)49-40(3,4)47-35)20-30(41)31-21-32(43-23-27-16-10-6-11-17-27)36(44-24-28-18-12-7-13-19-28)33(45-31)25-42-22-26-14-8-5-9-15-26/h5-19,29,31-38H,20-25H2,1-4H3/t31-,32+,33+,34-,35-,36-,37-,38-/m0/s1. The zero-order valence-corrected chi connectivity index (χ0v) is 28.8. The number of hydrogen-bond donors (Lipinski definition) is 0. The van der Waals surface area contributed by atoms with Gasteiger partial charge in [-0.3, -0.25) is 4.79 Å². The summed E-state index contributed by atoms with van der Waals surface area (Å²) in [5, 5.41) is 0. The van der Waals surface area contributed by atoms with Gasteiger partial charge in [-0.05, 0) is 44.4 Å². The molecule has 4 fully saturated rings. The second-order valence-electron chi connectivity index (χ2n) is 14.5. The quantitative estimate of drug-likeness (QED) is 0.212. The molecule has 0 amide bonds. The van der Waals surface area contributed by atoms with E-state index in [0.717, 1.165) is 16.7 Å². The van der Waals surface area contributed by atoms with Crippen LogP contribution in [0.15, 0.2) is 91.0 Å². The molecular formula is C40H48O9. The average Bonchev–Trinajstić information content (AvgIpc) is 3.67. The molecule has 0 N–H and O–H groups in total. The first kappa shape index (κ1) is 34.5. The van der Waals surface area contributed by atoms with Gasteiger partial charge in [0.1, 0.15) is 30.5 Å². The topological polar surface area (TPSA) is 90.9 Å². The molecule has 3 heterocycles. The second kappa shape index (κ2) is 14.7. The Morgan fingerprint density at radius 1 is 0.653 bits per heavy atom. The third-order valence-electron chi connectivity index (χ3n) is 9.80. The van der Waals surface area contributed by atoms with E-state index < -0.39 is 36.0 Å². The Morgan fingerprint density at radius 3 is 1.65 bits per heavy atom. The minimum atomic E-state index is -0.778. The highest BCUT2D eigenvalue weighted by Gasteiger charge is 2.65. The lowest BCUT2D eigenvalue weighted by molar-refractivity contribution is -0.220. The molecule has 3 aromatic rings. The van der Waals surface area contributed by atoms with Crippen molar-refractivity contribution in [3.8, 4) is 0 Å². The summed E-state index contributed by atoms with van der Waals surface area (Å²) in [6.07, 6.45) is -2.91. The maximum Gasteiger partial charge on any atom is 0.163 e. The molecule has 0 bridgehead atoms. The van der Waals surface area contributed by atoms with Crippen molar-refractivity contribution in [3.63, 3.8) is 0 Å². The van der Waals surface area contributed by atoms with Crippen LogP contribution in [0.5, 0.6) is 0 Å². The third-order valence-corrected chi connectivity index (χ3v) is 9.80. The van der Waals surface area contributed by atoms with E-state index >= 15 is 0 Å². The Balaban J connectivity index is 1.11. The van der Waals surface area contributed by atoms with Gasteiger partial charge in [0.15, 0.2) is 17.4 Å². The highest BCUT2D eigenvalue weighted by Crippen LogP contribution is 2.50. The van der Waals surface area contributed by atoms with Crippen LogP contribution in [0.4, 0.5) is 0 Å². The normalized spacial score (nSPS) is 32.9. The molecule has 9 heteroatoms. The fourth-order valence-corrected chi connectivity index (χ4v) is 7.65. The molecule has 3 aromatic carbocycles. The largest absolute Gasteiger partial charge is 0.374 e. The summed E-state index contributed by atoms with van der Waals surface area (Å²) < 4.78 is 51.4. The molecule has 0 radical (unpaired) electrons. The van der Waals surface area contributed by atoms with Crippen LogP contribution in [0.1, 0.15) is 57.2 Å². The van der Waals surface area contributed by atoms with E-state index in [1.807, 2.05) is 119 Å². The number of rotatable bonds is 13. The Bertz CT molecular complexity index is 1480. The first-order valence-electron chi connectivity index (χ1n) is 17.5. The molecule has 4 aliphatic rings. The maximum absolute atomic E-state index is 14.3. The van der Waals surface area contributed by atoms with E-state index in [0.29, 0.717) is 26.2 Å². The van der Waals surface area contributed by atoms with Gasteiger partial charge >= 0.3 is 0 Å². The molecule has 7 rings (SSSR count). The number of carbonyl (C=O) groups is 1. The summed E-state index contributed by atoms with van der Waals surface area (Å²) >= 11 is 0. The summed E-state index contributed by atoms with van der Waals surface area (Å²) in [6.45, 7) is 8.99. The third kappa shape index (κ3) is 8.16. The monoisotopic (exact) mass is 672 g/mol. The van der Waals surface area contributed by atoms with Crippen LogP contribution in [0, 0.1) is 5.92 Å². The zero-order chi connectivity index (χ0) is 34.0. The van der Waals surface area contributed by atoms with Crippen molar-refractivity contribution in [1.29, 1.82) is 0 Å². The lowest BCUT2D eigenvalue weighted by Crippen LogP contribution is -2.54. The minimum Gasteiger partial charge on any atom is -0.374 e. The summed E-state index contributed by atoms with van der Waals surface area (Å²) in [5.74, 6) is -1.84. The number of ether oxygens (including phenoxy) is 8. The van der Waals surface area contributed by atoms with E-state index in [-0.39, 0.29) is 49.1 Å². The van der Waals surface area contributed by atoms with Gasteiger partial charge in [-0.1, -0.05) is 91.0 Å². The van der Waals surface area contributed by atoms with Crippen molar-refractivity contribution in [1.82, 2.24) is 0 Å². The van der Waals surface area contributed by atoms with E-state index in [1.165, 1.54) is 0 Å². The molecule has 0 spiro atoms. The second-order valence-corrected chi connectivity index (χ2v) is 14.5. The molecule has 49 heavy (non-hydrogen) atoms. The van der Waals surface area contributed by atoms with Crippen molar-refractivity contribution in [2.24, 2.45) is 5.92 Å². The van der Waals surface area contributed by atoms with Crippen molar-refractivity contribution >= 4 is 5.78 Å². The maximum atomic E-state index is 14.3. The number of ketones is 1. The summed E-state index contributed by atoms with van der Waals surface area (Å²) in [5.41, 5.74) is 3.14.